The fourth-order valence-electron chi connectivity index (χ4n) is 4.66. The summed E-state index contributed by atoms with van der Waals surface area (Å²) >= 11 is 0. The van der Waals surface area contributed by atoms with E-state index in [0.717, 1.165) is 12.0 Å². The molecule has 3 N–H and O–H groups in total. The van der Waals surface area contributed by atoms with Crippen molar-refractivity contribution in [2.45, 2.75) is 70.1 Å². The monoisotopic (exact) mass is 472 g/mol. The molecule has 4 amide bonds. The molecule has 2 fully saturated rings. The minimum absolute atomic E-state index is 0.128. The van der Waals surface area contributed by atoms with Gasteiger partial charge in [0.2, 0.25) is 23.6 Å². The number of hydrogen-bond acceptors (Lipinski definition) is 5. The van der Waals surface area contributed by atoms with E-state index in [9.17, 15) is 29.1 Å². The van der Waals surface area contributed by atoms with Gasteiger partial charge in [-0.2, -0.15) is 0 Å². The van der Waals surface area contributed by atoms with Crippen LogP contribution < -0.4 is 10.6 Å². The van der Waals surface area contributed by atoms with Crippen LogP contribution in [0.5, 0.6) is 0 Å². The van der Waals surface area contributed by atoms with E-state index in [4.69, 9.17) is 0 Å². The van der Waals surface area contributed by atoms with E-state index in [0.29, 0.717) is 32.4 Å². The zero-order valence-electron chi connectivity index (χ0n) is 19.5. The first-order valence-electron chi connectivity index (χ1n) is 11.6. The van der Waals surface area contributed by atoms with Crippen molar-refractivity contribution in [3.8, 4) is 0 Å². The molecular formula is C24H32N4O6. The summed E-state index contributed by atoms with van der Waals surface area (Å²) < 4.78 is 0. The van der Waals surface area contributed by atoms with Crippen molar-refractivity contribution >= 4 is 29.6 Å². The smallest absolute Gasteiger partial charge is 0.326 e. The number of carboxylic acid groups (broad SMARTS) is 1. The normalized spacial score (nSPS) is 21.6. The van der Waals surface area contributed by atoms with Gasteiger partial charge in [-0.15, -0.1) is 0 Å². The summed E-state index contributed by atoms with van der Waals surface area (Å²) in [5.41, 5.74) is 0.775. The minimum Gasteiger partial charge on any atom is -0.480 e. The topological polar surface area (TPSA) is 136 Å². The molecule has 0 spiro atoms. The Bertz CT molecular complexity index is 937. The molecule has 3 rings (SSSR count). The van der Waals surface area contributed by atoms with Crippen LogP contribution in [0.15, 0.2) is 30.3 Å². The van der Waals surface area contributed by atoms with Gasteiger partial charge in [0.25, 0.3) is 0 Å². The van der Waals surface area contributed by atoms with Gasteiger partial charge < -0.3 is 25.5 Å². The first-order chi connectivity index (χ1) is 16.2. The summed E-state index contributed by atoms with van der Waals surface area (Å²) in [6.07, 6.45) is 2.41. The van der Waals surface area contributed by atoms with E-state index in [-0.39, 0.29) is 18.2 Å². The van der Waals surface area contributed by atoms with E-state index in [1.54, 1.807) is 31.2 Å². The number of nitrogens with one attached hydrogen (secondary N) is 2. The van der Waals surface area contributed by atoms with Gasteiger partial charge in [-0.05, 0) is 38.2 Å². The molecule has 2 aliphatic heterocycles. The Morgan fingerprint density at radius 3 is 2.09 bits per heavy atom. The first-order valence-corrected chi connectivity index (χ1v) is 11.6. The van der Waals surface area contributed by atoms with Crippen LogP contribution in [-0.2, 0) is 30.4 Å². The lowest BCUT2D eigenvalue weighted by atomic mass is 10.1. The van der Waals surface area contributed by atoms with Gasteiger partial charge in [0.1, 0.15) is 24.2 Å². The van der Waals surface area contributed by atoms with Gasteiger partial charge in [0.15, 0.2) is 0 Å². The second kappa shape index (κ2) is 11.1. The van der Waals surface area contributed by atoms with E-state index in [2.05, 4.69) is 10.6 Å². The van der Waals surface area contributed by atoms with Gasteiger partial charge in [0, 0.05) is 26.4 Å². The number of carbonyl (C=O) groups is 5. The third-order valence-corrected chi connectivity index (χ3v) is 6.42. The lowest BCUT2D eigenvalue weighted by molar-refractivity contribution is -0.145. The fourth-order valence-corrected chi connectivity index (χ4v) is 4.66. The van der Waals surface area contributed by atoms with E-state index < -0.39 is 42.0 Å². The van der Waals surface area contributed by atoms with Gasteiger partial charge in [-0.3, -0.25) is 19.2 Å². The van der Waals surface area contributed by atoms with E-state index >= 15 is 0 Å². The number of aliphatic carboxylic acids is 1. The maximum Gasteiger partial charge on any atom is 0.326 e. The van der Waals surface area contributed by atoms with E-state index in [1.165, 1.54) is 16.7 Å². The molecule has 1 aromatic carbocycles. The highest BCUT2D eigenvalue weighted by Gasteiger charge is 2.39. The highest BCUT2D eigenvalue weighted by Crippen LogP contribution is 2.20. The highest BCUT2D eigenvalue weighted by atomic mass is 16.4. The second-order valence-corrected chi connectivity index (χ2v) is 8.88. The molecule has 2 heterocycles. The van der Waals surface area contributed by atoms with Gasteiger partial charge in [-0.1, -0.05) is 30.3 Å². The maximum atomic E-state index is 13.1. The lowest BCUT2D eigenvalue weighted by Gasteiger charge is -2.29. The molecule has 2 saturated heterocycles. The zero-order chi connectivity index (χ0) is 24.8. The van der Waals surface area contributed by atoms with Crippen molar-refractivity contribution < 1.29 is 29.1 Å². The SMILES string of the molecule is CC(=O)N1CCC[C@H]1C(=O)N[C@@H](C)C(=O)N1CCC[C@H]1C(=O)N[C@@H](Cc1ccccc1)C(=O)O. The van der Waals surface area contributed by atoms with Crippen LogP contribution in [0.4, 0.5) is 0 Å². The number of carbonyl (C=O) groups excluding carboxylic acids is 4. The predicted molar refractivity (Wildman–Crippen MR) is 122 cm³/mol. The third kappa shape index (κ3) is 5.92. The summed E-state index contributed by atoms with van der Waals surface area (Å²) in [4.78, 5) is 65.1. The number of hydrogen-bond donors (Lipinski definition) is 3. The minimum atomic E-state index is -1.15. The van der Waals surface area contributed by atoms with Crippen LogP contribution >= 0.6 is 0 Å². The Morgan fingerprint density at radius 2 is 1.50 bits per heavy atom. The molecule has 4 atom stereocenters. The first kappa shape index (κ1) is 25.2. The molecule has 0 bridgehead atoms. The summed E-state index contributed by atoms with van der Waals surface area (Å²) in [7, 11) is 0. The maximum absolute atomic E-state index is 13.1. The van der Waals surface area contributed by atoms with Crippen molar-refractivity contribution in [2.24, 2.45) is 0 Å². The summed E-state index contributed by atoms with van der Waals surface area (Å²) in [5.74, 6) is -2.65. The number of nitrogens with zero attached hydrogens (tertiary/aromatic N) is 2. The Kier molecular flexibility index (Phi) is 8.25. The molecule has 0 saturated carbocycles. The third-order valence-electron chi connectivity index (χ3n) is 6.42. The molecular weight excluding hydrogens is 440 g/mol. The van der Waals surface area contributed by atoms with Crippen LogP contribution in [-0.4, -0.2) is 81.8 Å². The van der Waals surface area contributed by atoms with Gasteiger partial charge >= 0.3 is 5.97 Å². The summed E-state index contributed by atoms with van der Waals surface area (Å²) in [6, 6.07) is 5.59. The van der Waals surface area contributed by atoms with Crippen LogP contribution in [0.1, 0.15) is 45.1 Å². The van der Waals surface area contributed by atoms with Crippen molar-refractivity contribution in [3.63, 3.8) is 0 Å². The van der Waals surface area contributed by atoms with Crippen molar-refractivity contribution in [1.29, 1.82) is 0 Å². The lowest BCUT2D eigenvalue weighted by Crippen LogP contribution is -2.56. The average Bonchev–Trinajstić information content (AvgIpc) is 3.48. The zero-order valence-corrected chi connectivity index (χ0v) is 19.5. The number of amides is 4. The quantitative estimate of drug-likeness (QED) is 0.498. The van der Waals surface area contributed by atoms with Gasteiger partial charge in [-0.25, -0.2) is 4.79 Å². The summed E-state index contributed by atoms with van der Waals surface area (Å²) in [6.45, 7) is 3.82. The van der Waals surface area contributed by atoms with Gasteiger partial charge in [0.05, 0.1) is 0 Å². The Labute approximate surface area is 198 Å². The van der Waals surface area contributed by atoms with Crippen molar-refractivity contribution in [1.82, 2.24) is 20.4 Å². The molecule has 10 nitrogen and oxygen atoms in total. The molecule has 10 heteroatoms. The Hall–Kier alpha value is -3.43. The average molecular weight is 473 g/mol. The molecule has 0 aromatic heterocycles. The molecule has 2 aliphatic rings. The highest BCUT2D eigenvalue weighted by molar-refractivity contribution is 5.95. The molecule has 0 unspecified atom stereocenters. The van der Waals surface area contributed by atoms with Crippen molar-refractivity contribution in [3.05, 3.63) is 35.9 Å². The molecule has 1 aromatic rings. The molecule has 0 aliphatic carbocycles. The number of likely N-dealkylation sites (tertiary alicyclic amines) is 2. The van der Waals surface area contributed by atoms with Crippen LogP contribution in [0, 0.1) is 0 Å². The molecule has 34 heavy (non-hydrogen) atoms. The number of benzene rings is 1. The fraction of sp³-hybridized carbons (Fsp3) is 0.542. The van der Waals surface area contributed by atoms with Crippen molar-refractivity contribution in [2.75, 3.05) is 13.1 Å². The largest absolute Gasteiger partial charge is 0.480 e. The van der Waals surface area contributed by atoms with E-state index in [1.807, 2.05) is 6.07 Å². The van der Waals surface area contributed by atoms with Crippen LogP contribution in [0.3, 0.4) is 0 Å². The van der Waals surface area contributed by atoms with Crippen LogP contribution in [0.2, 0.25) is 0 Å². The predicted octanol–water partition coefficient (Wildman–Crippen LogP) is 0.305. The Morgan fingerprint density at radius 1 is 0.941 bits per heavy atom. The standard InChI is InChI=1S/C24H32N4O6/c1-15(25-21(30)19-10-6-12-27(19)16(2)29)23(32)28-13-7-11-20(28)22(31)26-18(24(33)34)14-17-8-4-3-5-9-17/h3-5,8-9,15,18-20H,6-7,10-14H2,1-2H3,(H,25,30)(H,26,31)(H,33,34)/t15-,18-,19-,20-/m0/s1. The second-order valence-electron chi connectivity index (χ2n) is 8.88. The Balaban J connectivity index is 1.61. The molecule has 184 valence electrons. The summed E-state index contributed by atoms with van der Waals surface area (Å²) in [5, 5.41) is 14.8. The number of rotatable bonds is 8. The number of carboxylic acids is 1. The van der Waals surface area contributed by atoms with Crippen LogP contribution in [0.25, 0.3) is 0 Å². The molecule has 0 radical (unpaired) electrons.